The molecular formula is C15H22N2O4S. The first-order valence-electron chi connectivity index (χ1n) is 7.37. The zero-order chi connectivity index (χ0) is 16.0. The molecule has 22 heavy (non-hydrogen) atoms. The third kappa shape index (κ3) is 4.71. The molecule has 1 N–H and O–H groups in total. The zero-order valence-electron chi connectivity index (χ0n) is 12.7. The van der Waals surface area contributed by atoms with Crippen molar-refractivity contribution < 1.29 is 17.9 Å². The van der Waals surface area contributed by atoms with Crippen LogP contribution in [0, 0.1) is 0 Å². The van der Waals surface area contributed by atoms with Crippen LogP contribution in [-0.2, 0) is 21.2 Å². The fourth-order valence-electron chi connectivity index (χ4n) is 2.52. The average molecular weight is 326 g/mol. The molecule has 0 bridgehead atoms. The summed E-state index contributed by atoms with van der Waals surface area (Å²) in [6, 6.07) is 9.58. The van der Waals surface area contributed by atoms with Gasteiger partial charge in [0.1, 0.15) is 0 Å². The Balaban J connectivity index is 1.83. The number of benzene rings is 1. The average Bonchev–Trinajstić information content (AvgIpc) is 2.54. The standard InChI is InChI=1S/C15H22N2O4S/c1-21-15(18)16-14-7-10-17(11-8-14)22(19,20)12-9-13-5-3-2-4-6-13/h2-6,14H,7-12H2,1H3,(H,16,18). The van der Waals surface area contributed by atoms with E-state index in [-0.39, 0.29) is 11.8 Å². The summed E-state index contributed by atoms with van der Waals surface area (Å²) in [6.45, 7) is 0.873. The quantitative estimate of drug-likeness (QED) is 0.887. The molecule has 2 rings (SSSR count). The van der Waals surface area contributed by atoms with E-state index in [1.165, 1.54) is 11.4 Å². The molecular weight excluding hydrogens is 304 g/mol. The van der Waals surface area contributed by atoms with Crippen molar-refractivity contribution >= 4 is 16.1 Å². The van der Waals surface area contributed by atoms with Gasteiger partial charge in [0.25, 0.3) is 0 Å². The minimum absolute atomic E-state index is 0.0203. The molecule has 1 heterocycles. The first-order valence-corrected chi connectivity index (χ1v) is 8.98. The van der Waals surface area contributed by atoms with Crippen molar-refractivity contribution in [2.45, 2.75) is 25.3 Å². The normalized spacial score (nSPS) is 17.1. The highest BCUT2D eigenvalue weighted by Gasteiger charge is 2.28. The Labute approximate surface area is 131 Å². The topological polar surface area (TPSA) is 75.7 Å². The number of alkyl carbamates (subject to hydrolysis) is 1. The largest absolute Gasteiger partial charge is 0.453 e. The monoisotopic (exact) mass is 326 g/mol. The van der Waals surface area contributed by atoms with E-state index in [0.717, 1.165) is 5.56 Å². The van der Waals surface area contributed by atoms with E-state index < -0.39 is 16.1 Å². The fourth-order valence-corrected chi connectivity index (χ4v) is 4.04. The number of hydrogen-bond acceptors (Lipinski definition) is 4. The van der Waals surface area contributed by atoms with Gasteiger partial charge in [0.05, 0.1) is 12.9 Å². The molecule has 0 spiro atoms. The number of rotatable bonds is 5. The Morgan fingerprint density at radius 2 is 1.91 bits per heavy atom. The van der Waals surface area contributed by atoms with Crippen LogP contribution >= 0.6 is 0 Å². The predicted molar refractivity (Wildman–Crippen MR) is 84.1 cm³/mol. The highest BCUT2D eigenvalue weighted by atomic mass is 32.2. The molecule has 0 radical (unpaired) electrons. The number of nitrogens with one attached hydrogen (secondary N) is 1. The second-order valence-electron chi connectivity index (χ2n) is 5.36. The van der Waals surface area contributed by atoms with Crippen LogP contribution in [0.25, 0.3) is 0 Å². The number of amides is 1. The summed E-state index contributed by atoms with van der Waals surface area (Å²) in [7, 11) is -1.93. The summed E-state index contributed by atoms with van der Waals surface area (Å²) in [5, 5.41) is 2.72. The van der Waals surface area contributed by atoms with Gasteiger partial charge in [0.2, 0.25) is 10.0 Å². The molecule has 122 valence electrons. The summed E-state index contributed by atoms with van der Waals surface area (Å²) in [4.78, 5) is 11.2. The van der Waals surface area contributed by atoms with E-state index in [9.17, 15) is 13.2 Å². The summed E-state index contributed by atoms with van der Waals surface area (Å²) >= 11 is 0. The number of ether oxygens (including phenoxy) is 1. The van der Waals surface area contributed by atoms with Gasteiger partial charge in [-0.25, -0.2) is 17.5 Å². The van der Waals surface area contributed by atoms with E-state index in [0.29, 0.717) is 32.4 Å². The zero-order valence-corrected chi connectivity index (χ0v) is 13.5. The molecule has 1 aliphatic heterocycles. The smallest absolute Gasteiger partial charge is 0.407 e. The van der Waals surface area contributed by atoms with Gasteiger partial charge in [-0.1, -0.05) is 30.3 Å². The third-order valence-corrected chi connectivity index (χ3v) is 5.72. The van der Waals surface area contributed by atoms with Crippen LogP contribution in [0.3, 0.4) is 0 Å². The molecule has 6 nitrogen and oxygen atoms in total. The van der Waals surface area contributed by atoms with E-state index in [4.69, 9.17) is 0 Å². The van der Waals surface area contributed by atoms with Crippen molar-refractivity contribution in [3.63, 3.8) is 0 Å². The first kappa shape index (κ1) is 16.8. The van der Waals surface area contributed by atoms with E-state index in [1.807, 2.05) is 30.3 Å². The Morgan fingerprint density at radius 3 is 2.50 bits per heavy atom. The maximum Gasteiger partial charge on any atom is 0.407 e. The van der Waals surface area contributed by atoms with Crippen molar-refractivity contribution in [1.82, 2.24) is 9.62 Å². The van der Waals surface area contributed by atoms with Crippen LogP contribution in [0.2, 0.25) is 0 Å². The number of piperidine rings is 1. The molecule has 0 aliphatic carbocycles. The Morgan fingerprint density at radius 1 is 1.27 bits per heavy atom. The minimum Gasteiger partial charge on any atom is -0.453 e. The lowest BCUT2D eigenvalue weighted by Gasteiger charge is -2.31. The summed E-state index contributed by atoms with van der Waals surface area (Å²) in [6.07, 6.45) is 1.27. The molecule has 1 aromatic carbocycles. The van der Waals surface area contributed by atoms with Crippen LogP contribution in [0.1, 0.15) is 18.4 Å². The van der Waals surface area contributed by atoms with Crippen LogP contribution in [0.15, 0.2) is 30.3 Å². The molecule has 1 aliphatic rings. The Bertz CT molecular complexity index is 581. The minimum atomic E-state index is -3.25. The second-order valence-corrected chi connectivity index (χ2v) is 7.45. The fraction of sp³-hybridized carbons (Fsp3) is 0.533. The first-order chi connectivity index (χ1) is 10.5. The highest BCUT2D eigenvalue weighted by Crippen LogP contribution is 2.15. The summed E-state index contributed by atoms with van der Waals surface area (Å²) in [5.41, 5.74) is 1.02. The Hall–Kier alpha value is -1.60. The molecule has 0 aromatic heterocycles. The van der Waals surface area contributed by atoms with Gasteiger partial charge >= 0.3 is 6.09 Å². The molecule has 0 saturated carbocycles. The number of methoxy groups -OCH3 is 1. The van der Waals surface area contributed by atoms with Crippen LogP contribution in [0.4, 0.5) is 4.79 Å². The van der Waals surface area contributed by atoms with Crippen molar-refractivity contribution in [3.05, 3.63) is 35.9 Å². The van der Waals surface area contributed by atoms with Crippen LogP contribution < -0.4 is 5.32 Å². The van der Waals surface area contributed by atoms with Crippen molar-refractivity contribution in [2.24, 2.45) is 0 Å². The molecule has 1 aromatic rings. The number of aryl methyl sites for hydroxylation is 1. The predicted octanol–water partition coefficient (Wildman–Crippen LogP) is 1.38. The molecule has 7 heteroatoms. The van der Waals surface area contributed by atoms with Gasteiger partial charge < -0.3 is 10.1 Å². The Kier molecular flexibility index (Phi) is 5.79. The number of sulfonamides is 1. The maximum atomic E-state index is 12.4. The van der Waals surface area contributed by atoms with Gasteiger partial charge in [-0.2, -0.15) is 0 Å². The maximum absolute atomic E-state index is 12.4. The van der Waals surface area contributed by atoms with E-state index >= 15 is 0 Å². The van der Waals surface area contributed by atoms with Gasteiger partial charge in [0.15, 0.2) is 0 Å². The molecule has 0 atom stereocenters. The molecule has 0 unspecified atom stereocenters. The lowest BCUT2D eigenvalue weighted by Crippen LogP contribution is -2.47. The second kappa shape index (κ2) is 7.60. The van der Waals surface area contributed by atoms with Crippen LogP contribution in [-0.4, -0.2) is 50.8 Å². The van der Waals surface area contributed by atoms with E-state index in [1.54, 1.807) is 0 Å². The SMILES string of the molecule is COC(=O)NC1CCN(S(=O)(=O)CCc2ccccc2)CC1. The van der Waals surface area contributed by atoms with Gasteiger partial charge in [0, 0.05) is 19.1 Å². The number of hydrogen-bond donors (Lipinski definition) is 1. The molecule has 1 amide bonds. The lowest BCUT2D eigenvalue weighted by atomic mass is 10.1. The summed E-state index contributed by atoms with van der Waals surface area (Å²) in [5.74, 6) is 0.117. The molecule has 1 fully saturated rings. The van der Waals surface area contributed by atoms with Crippen LogP contribution in [0.5, 0.6) is 0 Å². The lowest BCUT2D eigenvalue weighted by molar-refractivity contribution is 0.161. The van der Waals surface area contributed by atoms with Gasteiger partial charge in [-0.15, -0.1) is 0 Å². The summed E-state index contributed by atoms with van der Waals surface area (Å²) < 4.78 is 30.8. The van der Waals surface area contributed by atoms with Crippen molar-refractivity contribution in [1.29, 1.82) is 0 Å². The van der Waals surface area contributed by atoms with E-state index in [2.05, 4.69) is 10.1 Å². The number of carbonyl (C=O) groups excluding carboxylic acids is 1. The number of carbonyl (C=O) groups is 1. The highest BCUT2D eigenvalue weighted by molar-refractivity contribution is 7.89. The number of nitrogens with zero attached hydrogens (tertiary/aromatic N) is 1. The van der Waals surface area contributed by atoms with Gasteiger partial charge in [-0.3, -0.25) is 0 Å². The van der Waals surface area contributed by atoms with Crippen molar-refractivity contribution in [3.8, 4) is 0 Å². The van der Waals surface area contributed by atoms with Crippen molar-refractivity contribution in [2.75, 3.05) is 26.0 Å². The van der Waals surface area contributed by atoms with Gasteiger partial charge in [-0.05, 0) is 24.8 Å². The third-order valence-electron chi connectivity index (χ3n) is 3.85. The molecule has 1 saturated heterocycles.